The van der Waals surface area contributed by atoms with Crippen LogP contribution in [0.15, 0.2) is 60.3 Å². The van der Waals surface area contributed by atoms with E-state index in [0.29, 0.717) is 19.6 Å². The number of aromatic nitrogens is 1. The van der Waals surface area contributed by atoms with Crippen molar-refractivity contribution in [3.8, 4) is 0 Å². The highest BCUT2D eigenvalue weighted by Crippen LogP contribution is 2.12. The van der Waals surface area contributed by atoms with Crippen LogP contribution in [-0.4, -0.2) is 49.8 Å². The van der Waals surface area contributed by atoms with E-state index < -0.39 is 10.0 Å². The Kier molecular flexibility index (Phi) is 6.66. The molecule has 0 spiro atoms. The zero-order valence-corrected chi connectivity index (χ0v) is 14.9. The maximum absolute atomic E-state index is 12.7. The fraction of sp³-hybridized carbons (Fsp3) is 0.278. The van der Waals surface area contributed by atoms with E-state index in [9.17, 15) is 8.42 Å². The van der Waals surface area contributed by atoms with Gasteiger partial charge in [0.25, 0.3) is 0 Å². The number of sulfonamides is 1. The van der Waals surface area contributed by atoms with Crippen molar-refractivity contribution in [1.29, 1.82) is 0 Å². The van der Waals surface area contributed by atoms with Crippen LogP contribution in [0.3, 0.4) is 0 Å². The zero-order chi connectivity index (χ0) is 17.4. The summed E-state index contributed by atoms with van der Waals surface area (Å²) in [6, 6.07) is 13.1. The minimum atomic E-state index is -3.52. The average molecular weight is 345 g/mol. The van der Waals surface area contributed by atoms with E-state index in [0.717, 1.165) is 11.1 Å². The second-order valence-corrected chi connectivity index (χ2v) is 7.57. The monoisotopic (exact) mass is 345 g/mol. The van der Waals surface area contributed by atoms with E-state index >= 15 is 0 Å². The van der Waals surface area contributed by atoms with E-state index in [1.54, 1.807) is 18.5 Å². The molecule has 1 aromatic carbocycles. The summed E-state index contributed by atoms with van der Waals surface area (Å²) in [6.45, 7) is 1.38. The topological polar surface area (TPSA) is 53.5 Å². The normalized spacial score (nSPS) is 12.3. The third-order valence-electron chi connectivity index (χ3n) is 3.47. The van der Waals surface area contributed by atoms with Crippen molar-refractivity contribution >= 4 is 16.1 Å². The lowest BCUT2D eigenvalue weighted by Gasteiger charge is -2.22. The van der Waals surface area contributed by atoms with Crippen molar-refractivity contribution < 1.29 is 8.42 Å². The lowest BCUT2D eigenvalue weighted by Crippen LogP contribution is -2.35. The van der Waals surface area contributed by atoms with Crippen LogP contribution in [0, 0.1) is 0 Å². The average Bonchev–Trinajstić information content (AvgIpc) is 2.58. The van der Waals surface area contributed by atoms with Crippen LogP contribution in [0.5, 0.6) is 0 Å². The molecular weight excluding hydrogens is 322 g/mol. The van der Waals surface area contributed by atoms with Gasteiger partial charge in [-0.25, -0.2) is 8.42 Å². The van der Waals surface area contributed by atoms with Crippen LogP contribution < -0.4 is 0 Å². The largest absolute Gasteiger partial charge is 0.308 e. The number of hydrogen-bond donors (Lipinski definition) is 0. The highest BCUT2D eigenvalue weighted by Gasteiger charge is 2.19. The van der Waals surface area contributed by atoms with Crippen molar-refractivity contribution in [1.82, 2.24) is 14.2 Å². The van der Waals surface area contributed by atoms with Crippen LogP contribution in [0.4, 0.5) is 0 Å². The summed E-state index contributed by atoms with van der Waals surface area (Å²) in [6.07, 6.45) is 5.00. The Hall–Kier alpha value is -2.02. The van der Waals surface area contributed by atoms with Gasteiger partial charge in [-0.05, 0) is 37.4 Å². The molecular formula is C18H23N3O2S. The van der Waals surface area contributed by atoms with Crippen molar-refractivity contribution in [3.05, 3.63) is 71.4 Å². The predicted molar refractivity (Wildman–Crippen MR) is 97.6 cm³/mol. The van der Waals surface area contributed by atoms with E-state index in [1.165, 1.54) is 9.71 Å². The van der Waals surface area contributed by atoms with Gasteiger partial charge in [-0.1, -0.05) is 36.4 Å². The molecule has 2 rings (SSSR count). The Labute approximate surface area is 144 Å². The van der Waals surface area contributed by atoms with Gasteiger partial charge in [-0.15, -0.1) is 0 Å². The lowest BCUT2D eigenvalue weighted by molar-refractivity contribution is 0.331. The molecule has 128 valence electrons. The quantitative estimate of drug-likeness (QED) is 0.737. The summed E-state index contributed by atoms with van der Waals surface area (Å²) < 4.78 is 26.9. The van der Waals surface area contributed by atoms with Gasteiger partial charge in [0.05, 0.1) is 0 Å². The molecule has 6 heteroatoms. The Morgan fingerprint density at radius 2 is 1.79 bits per heavy atom. The second kappa shape index (κ2) is 8.73. The third kappa shape index (κ3) is 5.88. The minimum absolute atomic E-state index is 0.309. The molecule has 1 aromatic heterocycles. The number of likely N-dealkylation sites (N-methyl/N-ethyl adjacent to an activating group) is 1. The first-order valence-corrected chi connectivity index (χ1v) is 9.24. The van der Waals surface area contributed by atoms with Crippen LogP contribution >= 0.6 is 0 Å². The zero-order valence-electron chi connectivity index (χ0n) is 14.0. The van der Waals surface area contributed by atoms with E-state index in [4.69, 9.17) is 0 Å². The van der Waals surface area contributed by atoms with E-state index in [2.05, 4.69) is 4.98 Å². The lowest BCUT2D eigenvalue weighted by atomic mass is 10.2. The predicted octanol–water partition coefficient (Wildman–Crippen LogP) is 2.45. The molecule has 0 aliphatic rings. The number of nitrogens with zero attached hydrogens (tertiary/aromatic N) is 3. The van der Waals surface area contributed by atoms with Gasteiger partial charge < -0.3 is 4.90 Å². The van der Waals surface area contributed by atoms with E-state index in [1.807, 2.05) is 61.5 Å². The molecule has 0 aliphatic carbocycles. The second-order valence-electron chi connectivity index (χ2n) is 5.76. The highest BCUT2D eigenvalue weighted by atomic mass is 32.2. The van der Waals surface area contributed by atoms with Crippen LogP contribution in [0.1, 0.15) is 11.1 Å². The maximum atomic E-state index is 12.7. The summed E-state index contributed by atoms with van der Waals surface area (Å²) in [4.78, 5) is 6.02. The van der Waals surface area contributed by atoms with Crippen LogP contribution in [0.25, 0.3) is 6.08 Å². The Balaban J connectivity index is 2.18. The molecule has 0 radical (unpaired) electrons. The van der Waals surface area contributed by atoms with Gasteiger partial charge in [0.2, 0.25) is 10.0 Å². The molecule has 0 amide bonds. The fourth-order valence-electron chi connectivity index (χ4n) is 2.12. The summed E-state index contributed by atoms with van der Waals surface area (Å²) in [5, 5.41) is 1.27. The number of rotatable bonds is 8. The molecule has 0 N–H and O–H groups in total. The number of pyridine rings is 1. The third-order valence-corrected chi connectivity index (χ3v) is 4.98. The fourth-order valence-corrected chi connectivity index (χ4v) is 3.28. The summed E-state index contributed by atoms with van der Waals surface area (Å²) in [5.41, 5.74) is 1.72. The molecule has 0 saturated heterocycles. The molecule has 0 unspecified atom stereocenters. The molecule has 24 heavy (non-hydrogen) atoms. The first-order chi connectivity index (χ1) is 11.5. The van der Waals surface area contributed by atoms with Gasteiger partial charge in [-0.3, -0.25) is 4.98 Å². The van der Waals surface area contributed by atoms with Gasteiger partial charge in [0.1, 0.15) is 0 Å². The molecule has 0 aliphatic heterocycles. The number of benzene rings is 1. The van der Waals surface area contributed by atoms with Gasteiger partial charge in [-0.2, -0.15) is 4.31 Å². The maximum Gasteiger partial charge on any atom is 0.236 e. The standard InChI is InChI=1S/C18H23N3O2S/c1-20(2)12-13-21(16-18-9-6-11-19-15-18)24(22,23)14-10-17-7-4-3-5-8-17/h3-11,14-15H,12-13,16H2,1-2H3. The van der Waals surface area contributed by atoms with Crippen molar-refractivity contribution in [3.63, 3.8) is 0 Å². The Bertz CT molecular complexity index is 744. The number of hydrogen-bond acceptors (Lipinski definition) is 4. The molecule has 1 heterocycles. The van der Waals surface area contributed by atoms with Crippen molar-refractivity contribution in [2.24, 2.45) is 0 Å². The smallest absolute Gasteiger partial charge is 0.236 e. The molecule has 0 atom stereocenters. The van der Waals surface area contributed by atoms with Crippen molar-refractivity contribution in [2.45, 2.75) is 6.54 Å². The van der Waals surface area contributed by atoms with Crippen molar-refractivity contribution in [2.75, 3.05) is 27.2 Å². The van der Waals surface area contributed by atoms with Gasteiger partial charge in [0, 0.05) is 37.4 Å². The molecule has 0 bridgehead atoms. The van der Waals surface area contributed by atoms with Crippen LogP contribution in [-0.2, 0) is 16.6 Å². The first-order valence-electron chi connectivity index (χ1n) is 7.74. The SMILES string of the molecule is CN(C)CCN(Cc1cccnc1)S(=O)(=O)C=Cc1ccccc1. The molecule has 0 fully saturated rings. The minimum Gasteiger partial charge on any atom is -0.308 e. The van der Waals surface area contributed by atoms with Gasteiger partial charge in [0.15, 0.2) is 0 Å². The Morgan fingerprint density at radius 1 is 1.04 bits per heavy atom. The summed E-state index contributed by atoms with van der Waals surface area (Å²) in [5.74, 6) is 0. The highest BCUT2D eigenvalue weighted by molar-refractivity contribution is 7.92. The van der Waals surface area contributed by atoms with Crippen LogP contribution in [0.2, 0.25) is 0 Å². The summed E-state index contributed by atoms with van der Waals surface area (Å²) >= 11 is 0. The first kappa shape index (κ1) is 18.3. The summed E-state index contributed by atoms with van der Waals surface area (Å²) in [7, 11) is 0.334. The molecule has 0 saturated carbocycles. The van der Waals surface area contributed by atoms with E-state index in [-0.39, 0.29) is 0 Å². The Morgan fingerprint density at radius 3 is 2.42 bits per heavy atom. The van der Waals surface area contributed by atoms with Gasteiger partial charge >= 0.3 is 0 Å². The molecule has 5 nitrogen and oxygen atoms in total. The molecule has 2 aromatic rings.